The maximum atomic E-state index is 12.2. The van der Waals surface area contributed by atoms with E-state index in [2.05, 4.69) is 15.5 Å². The zero-order valence-corrected chi connectivity index (χ0v) is 15.6. The molecule has 138 valence electrons. The average molecular weight is 404 g/mol. The van der Waals surface area contributed by atoms with Crippen molar-refractivity contribution in [3.8, 4) is 22.8 Å². The van der Waals surface area contributed by atoms with Gasteiger partial charge in [-0.1, -0.05) is 40.5 Å². The van der Waals surface area contributed by atoms with Gasteiger partial charge in [-0.15, -0.1) is 0 Å². The van der Waals surface area contributed by atoms with Crippen LogP contribution in [-0.4, -0.2) is 28.8 Å². The van der Waals surface area contributed by atoms with Crippen molar-refractivity contribution in [2.45, 2.75) is 18.9 Å². The maximum absolute atomic E-state index is 12.2. The smallest absolute Gasteiger partial charge is 0.259 e. The summed E-state index contributed by atoms with van der Waals surface area (Å²) in [5.74, 6) is 0.538. The van der Waals surface area contributed by atoms with Gasteiger partial charge < -0.3 is 14.6 Å². The second kappa shape index (κ2) is 7.68. The Labute approximate surface area is 165 Å². The Hall–Kier alpha value is -2.41. The largest absolute Gasteiger partial charge is 0.368 e. The summed E-state index contributed by atoms with van der Waals surface area (Å²) in [5.41, 5.74) is 1.95. The van der Waals surface area contributed by atoms with Gasteiger partial charge in [0.25, 0.3) is 11.8 Å². The Bertz CT molecular complexity index is 984. The van der Waals surface area contributed by atoms with Crippen LogP contribution < -0.4 is 5.32 Å². The molecule has 1 saturated heterocycles. The van der Waals surface area contributed by atoms with Crippen molar-refractivity contribution in [3.63, 3.8) is 0 Å². The highest BCUT2D eigenvalue weighted by molar-refractivity contribution is 6.36. The molecule has 27 heavy (non-hydrogen) atoms. The molecule has 1 amide bonds. The molecule has 1 fully saturated rings. The summed E-state index contributed by atoms with van der Waals surface area (Å²) in [6, 6.07) is 12.3. The molecule has 3 aromatic rings. The van der Waals surface area contributed by atoms with Crippen molar-refractivity contribution in [1.82, 2.24) is 10.1 Å². The number of amides is 1. The molecule has 8 heteroatoms. The number of carbonyl (C=O) groups is 1. The molecule has 1 atom stereocenters. The van der Waals surface area contributed by atoms with Gasteiger partial charge in [-0.2, -0.15) is 4.98 Å². The molecule has 0 aliphatic carbocycles. The highest BCUT2D eigenvalue weighted by Crippen LogP contribution is 2.31. The van der Waals surface area contributed by atoms with Crippen LogP contribution >= 0.6 is 23.2 Å². The van der Waals surface area contributed by atoms with Gasteiger partial charge >= 0.3 is 0 Å². The quantitative estimate of drug-likeness (QED) is 0.674. The number of halogens is 2. The highest BCUT2D eigenvalue weighted by atomic mass is 35.5. The second-order valence-corrected chi connectivity index (χ2v) is 6.96. The number of carbonyl (C=O) groups excluding carboxylic acids is 1. The molecular formula is C19H15Cl2N3O3. The Morgan fingerprint density at radius 3 is 2.85 bits per heavy atom. The standard InChI is InChI=1S/C19H15Cl2N3O3/c20-12-6-7-14(15(21)10-12)19-23-17(24-27-19)11-3-1-4-13(9-11)22-18(25)16-5-2-8-26-16/h1,3-4,6-7,9-10,16H,2,5,8H2,(H,22,25). The first-order chi connectivity index (χ1) is 13.1. The van der Waals surface area contributed by atoms with E-state index >= 15 is 0 Å². The lowest BCUT2D eigenvalue weighted by Gasteiger charge is -2.10. The van der Waals surface area contributed by atoms with Crippen LogP contribution in [0.4, 0.5) is 5.69 Å². The van der Waals surface area contributed by atoms with E-state index in [0.29, 0.717) is 45.2 Å². The fourth-order valence-electron chi connectivity index (χ4n) is 2.86. The molecule has 1 aliphatic rings. The number of ether oxygens (including phenoxy) is 1. The summed E-state index contributed by atoms with van der Waals surface area (Å²) in [6.45, 7) is 0.622. The normalized spacial score (nSPS) is 16.4. The van der Waals surface area contributed by atoms with Crippen molar-refractivity contribution >= 4 is 34.8 Å². The van der Waals surface area contributed by atoms with Crippen LogP contribution in [0.25, 0.3) is 22.8 Å². The summed E-state index contributed by atoms with van der Waals surface area (Å²) >= 11 is 12.1. The van der Waals surface area contributed by atoms with Crippen molar-refractivity contribution in [1.29, 1.82) is 0 Å². The summed E-state index contributed by atoms with van der Waals surface area (Å²) in [7, 11) is 0. The predicted octanol–water partition coefficient (Wildman–Crippen LogP) is 4.83. The van der Waals surface area contributed by atoms with Gasteiger partial charge in [0.1, 0.15) is 6.10 Å². The fraction of sp³-hybridized carbons (Fsp3) is 0.211. The molecule has 0 radical (unpaired) electrons. The van der Waals surface area contributed by atoms with Crippen molar-refractivity contribution in [2.24, 2.45) is 0 Å². The van der Waals surface area contributed by atoms with Gasteiger partial charge in [0.15, 0.2) is 0 Å². The first-order valence-electron chi connectivity index (χ1n) is 8.42. The van der Waals surface area contributed by atoms with Crippen molar-refractivity contribution in [2.75, 3.05) is 11.9 Å². The van der Waals surface area contributed by atoms with E-state index in [-0.39, 0.29) is 5.91 Å². The molecule has 0 saturated carbocycles. The van der Waals surface area contributed by atoms with Gasteiger partial charge in [0, 0.05) is 22.9 Å². The number of nitrogens with zero attached hydrogens (tertiary/aromatic N) is 2. The third-order valence-corrected chi connectivity index (χ3v) is 4.75. The van der Waals surface area contributed by atoms with Crippen LogP contribution in [0.1, 0.15) is 12.8 Å². The minimum Gasteiger partial charge on any atom is -0.368 e. The first kappa shape index (κ1) is 18.0. The van der Waals surface area contributed by atoms with Crippen molar-refractivity contribution < 1.29 is 14.1 Å². The van der Waals surface area contributed by atoms with Gasteiger partial charge in [-0.25, -0.2) is 0 Å². The molecular weight excluding hydrogens is 389 g/mol. The zero-order valence-electron chi connectivity index (χ0n) is 14.1. The van der Waals surface area contributed by atoms with Gasteiger partial charge in [-0.05, 0) is 43.2 Å². The number of anilines is 1. The van der Waals surface area contributed by atoms with E-state index in [9.17, 15) is 4.79 Å². The van der Waals surface area contributed by atoms with Crippen LogP contribution in [0.5, 0.6) is 0 Å². The lowest BCUT2D eigenvalue weighted by molar-refractivity contribution is -0.124. The summed E-state index contributed by atoms with van der Waals surface area (Å²) in [4.78, 5) is 16.6. The first-order valence-corrected chi connectivity index (χ1v) is 9.18. The van der Waals surface area contributed by atoms with E-state index in [1.54, 1.807) is 30.3 Å². The lowest BCUT2D eigenvalue weighted by Crippen LogP contribution is -2.26. The van der Waals surface area contributed by atoms with Crippen LogP contribution in [-0.2, 0) is 9.53 Å². The van der Waals surface area contributed by atoms with Gasteiger partial charge in [0.2, 0.25) is 5.82 Å². The highest BCUT2D eigenvalue weighted by Gasteiger charge is 2.23. The van der Waals surface area contributed by atoms with E-state index in [1.165, 1.54) is 0 Å². The van der Waals surface area contributed by atoms with Crippen LogP contribution in [0.3, 0.4) is 0 Å². The molecule has 1 N–H and O–H groups in total. The molecule has 2 heterocycles. The minimum atomic E-state index is -0.391. The van der Waals surface area contributed by atoms with E-state index in [1.807, 2.05) is 12.1 Å². The molecule has 1 aromatic heterocycles. The third kappa shape index (κ3) is 3.98. The third-order valence-electron chi connectivity index (χ3n) is 4.20. The number of hydrogen-bond acceptors (Lipinski definition) is 5. The molecule has 0 bridgehead atoms. The number of nitrogens with one attached hydrogen (secondary N) is 1. The van der Waals surface area contributed by atoms with Crippen LogP contribution in [0.2, 0.25) is 10.0 Å². The maximum Gasteiger partial charge on any atom is 0.259 e. The Balaban J connectivity index is 1.55. The van der Waals surface area contributed by atoms with E-state index in [0.717, 1.165) is 12.8 Å². The topological polar surface area (TPSA) is 77.3 Å². The second-order valence-electron chi connectivity index (χ2n) is 6.12. The van der Waals surface area contributed by atoms with E-state index < -0.39 is 6.10 Å². The molecule has 1 aliphatic heterocycles. The predicted molar refractivity (Wildman–Crippen MR) is 103 cm³/mol. The fourth-order valence-corrected chi connectivity index (χ4v) is 3.35. The summed E-state index contributed by atoms with van der Waals surface area (Å²) in [6.07, 6.45) is 1.25. The molecule has 4 rings (SSSR count). The van der Waals surface area contributed by atoms with Gasteiger partial charge in [0.05, 0.1) is 10.6 Å². The number of aromatic nitrogens is 2. The van der Waals surface area contributed by atoms with Crippen LogP contribution in [0, 0.1) is 0 Å². The Morgan fingerprint density at radius 1 is 1.19 bits per heavy atom. The number of benzene rings is 2. The number of hydrogen-bond donors (Lipinski definition) is 1. The minimum absolute atomic E-state index is 0.147. The SMILES string of the molecule is O=C(Nc1cccc(-c2noc(-c3ccc(Cl)cc3Cl)n2)c1)C1CCCO1. The zero-order chi connectivity index (χ0) is 18.8. The Morgan fingerprint density at radius 2 is 2.07 bits per heavy atom. The monoisotopic (exact) mass is 403 g/mol. The lowest BCUT2D eigenvalue weighted by atomic mass is 10.1. The molecule has 6 nitrogen and oxygen atoms in total. The molecule has 2 aromatic carbocycles. The van der Waals surface area contributed by atoms with Gasteiger partial charge in [-0.3, -0.25) is 4.79 Å². The summed E-state index contributed by atoms with van der Waals surface area (Å²) in [5, 5.41) is 7.82. The van der Waals surface area contributed by atoms with Crippen LogP contribution in [0.15, 0.2) is 47.0 Å². The van der Waals surface area contributed by atoms with Crippen molar-refractivity contribution in [3.05, 3.63) is 52.5 Å². The summed E-state index contributed by atoms with van der Waals surface area (Å²) < 4.78 is 10.7. The number of rotatable bonds is 4. The molecule has 0 spiro atoms. The Kier molecular flexibility index (Phi) is 5.11. The average Bonchev–Trinajstić information content (AvgIpc) is 3.34. The molecule has 1 unspecified atom stereocenters. The van der Waals surface area contributed by atoms with E-state index in [4.69, 9.17) is 32.5 Å².